The van der Waals surface area contributed by atoms with Crippen molar-refractivity contribution in [3.63, 3.8) is 0 Å². The Kier molecular flexibility index (Phi) is 4.90. The third kappa shape index (κ3) is 3.92. The lowest BCUT2D eigenvalue weighted by atomic mass is 10.1. The molecule has 0 aliphatic heterocycles. The summed E-state index contributed by atoms with van der Waals surface area (Å²) in [5.41, 5.74) is 1.85. The fourth-order valence-corrected chi connectivity index (χ4v) is 2.55. The highest BCUT2D eigenvalue weighted by molar-refractivity contribution is 5.99. The molecular formula is C19H18FN3O2. The Morgan fingerprint density at radius 1 is 1.20 bits per heavy atom. The zero-order valence-corrected chi connectivity index (χ0v) is 13.7. The lowest BCUT2D eigenvalue weighted by Gasteiger charge is -2.22. The van der Waals surface area contributed by atoms with Crippen LogP contribution in [0.2, 0.25) is 0 Å². The molecule has 5 nitrogen and oxygen atoms in total. The second kappa shape index (κ2) is 7.27. The van der Waals surface area contributed by atoms with Crippen LogP contribution in [0.4, 0.5) is 14.9 Å². The average molecular weight is 339 g/mol. The van der Waals surface area contributed by atoms with Gasteiger partial charge >= 0.3 is 6.03 Å². The number of nitrogens with one attached hydrogen (secondary N) is 1. The summed E-state index contributed by atoms with van der Waals surface area (Å²) < 4.78 is 12.9. The van der Waals surface area contributed by atoms with Crippen LogP contribution in [0.15, 0.2) is 60.8 Å². The number of anilines is 1. The summed E-state index contributed by atoms with van der Waals surface area (Å²) in [5, 5.41) is 13.9. The molecule has 2 N–H and O–H groups in total. The molecule has 1 aromatic heterocycles. The van der Waals surface area contributed by atoms with Gasteiger partial charge < -0.3 is 15.3 Å². The van der Waals surface area contributed by atoms with Gasteiger partial charge in [0.2, 0.25) is 0 Å². The molecule has 0 aliphatic carbocycles. The summed E-state index contributed by atoms with van der Waals surface area (Å²) in [6, 6.07) is 14.5. The summed E-state index contributed by atoms with van der Waals surface area (Å²) >= 11 is 0. The van der Waals surface area contributed by atoms with Crippen LogP contribution in [0.5, 0.6) is 0 Å². The predicted octanol–water partition coefficient (Wildman–Crippen LogP) is 3.57. The zero-order valence-electron chi connectivity index (χ0n) is 13.7. The number of amides is 2. The molecule has 2 aromatic carbocycles. The van der Waals surface area contributed by atoms with E-state index in [1.54, 1.807) is 19.3 Å². The molecular weight excluding hydrogens is 321 g/mol. The Morgan fingerprint density at radius 3 is 2.68 bits per heavy atom. The molecule has 0 aliphatic rings. The third-order valence-electron chi connectivity index (χ3n) is 3.92. The lowest BCUT2D eigenvalue weighted by Crippen LogP contribution is -2.34. The van der Waals surface area contributed by atoms with Crippen LogP contribution >= 0.6 is 0 Å². The average Bonchev–Trinajstić information content (AvgIpc) is 2.62. The second-order valence-electron chi connectivity index (χ2n) is 5.76. The van der Waals surface area contributed by atoms with E-state index in [1.807, 2.05) is 24.3 Å². The molecule has 3 aromatic rings. The summed E-state index contributed by atoms with van der Waals surface area (Å²) in [5.74, 6) is -0.370. The van der Waals surface area contributed by atoms with Gasteiger partial charge in [0.15, 0.2) is 0 Å². The van der Waals surface area contributed by atoms with Crippen molar-refractivity contribution in [3.8, 4) is 0 Å². The van der Waals surface area contributed by atoms with E-state index in [0.29, 0.717) is 16.8 Å². The van der Waals surface area contributed by atoms with E-state index < -0.39 is 6.10 Å². The molecule has 0 spiro atoms. The number of fused-ring (bicyclic) bond motifs is 1. The molecule has 128 valence electrons. The topological polar surface area (TPSA) is 65.5 Å². The molecule has 0 radical (unpaired) electrons. The Bertz CT molecular complexity index is 878. The van der Waals surface area contributed by atoms with Crippen molar-refractivity contribution in [2.45, 2.75) is 6.10 Å². The van der Waals surface area contributed by atoms with Crippen molar-refractivity contribution in [3.05, 3.63) is 72.2 Å². The van der Waals surface area contributed by atoms with E-state index in [4.69, 9.17) is 0 Å². The van der Waals surface area contributed by atoms with Crippen LogP contribution in [0.3, 0.4) is 0 Å². The fourth-order valence-electron chi connectivity index (χ4n) is 2.55. The van der Waals surface area contributed by atoms with E-state index in [-0.39, 0.29) is 18.4 Å². The van der Waals surface area contributed by atoms with Crippen LogP contribution < -0.4 is 5.32 Å². The lowest BCUT2D eigenvalue weighted by molar-refractivity contribution is 0.136. The highest BCUT2D eigenvalue weighted by Crippen LogP contribution is 2.21. The van der Waals surface area contributed by atoms with Gasteiger partial charge in [0.05, 0.1) is 23.9 Å². The maximum atomic E-state index is 12.9. The zero-order chi connectivity index (χ0) is 17.8. The Hall–Kier alpha value is -2.99. The number of aromatic nitrogens is 1. The molecule has 1 heterocycles. The number of pyridine rings is 1. The summed E-state index contributed by atoms with van der Waals surface area (Å²) in [6.45, 7) is 0.0790. The van der Waals surface area contributed by atoms with E-state index in [2.05, 4.69) is 10.3 Å². The summed E-state index contributed by atoms with van der Waals surface area (Å²) in [6.07, 6.45) is 0.766. The molecule has 3 rings (SSSR count). The van der Waals surface area contributed by atoms with Crippen LogP contribution in [-0.2, 0) is 0 Å². The molecule has 0 saturated heterocycles. The minimum atomic E-state index is -0.901. The minimum absolute atomic E-state index is 0.0790. The first kappa shape index (κ1) is 16.9. The molecule has 0 bridgehead atoms. The first-order chi connectivity index (χ1) is 12.0. The van der Waals surface area contributed by atoms with E-state index in [1.165, 1.54) is 29.2 Å². The van der Waals surface area contributed by atoms with Crippen molar-refractivity contribution in [2.24, 2.45) is 0 Å². The monoisotopic (exact) mass is 339 g/mol. The summed E-state index contributed by atoms with van der Waals surface area (Å²) in [4.78, 5) is 18.1. The standard InChI is InChI=1S/C19H18FN3O2/c1-23(12-17(24)13-7-9-15(20)10-8-13)19(25)22-16-6-2-4-14-5-3-11-21-18(14)16/h2-11,17,24H,12H2,1H3,(H,22,25)/t17-/m1/s1. The molecule has 2 amide bonds. The molecule has 6 heteroatoms. The number of hydrogen-bond donors (Lipinski definition) is 2. The number of aliphatic hydroxyl groups excluding tert-OH is 1. The number of benzene rings is 2. The van der Waals surface area contributed by atoms with Crippen LogP contribution in [0.25, 0.3) is 10.9 Å². The smallest absolute Gasteiger partial charge is 0.321 e. The van der Waals surface area contributed by atoms with Crippen LogP contribution in [-0.4, -0.2) is 34.6 Å². The van der Waals surface area contributed by atoms with Crippen LogP contribution in [0, 0.1) is 5.82 Å². The van der Waals surface area contributed by atoms with E-state index >= 15 is 0 Å². The number of halogens is 1. The molecule has 25 heavy (non-hydrogen) atoms. The first-order valence-electron chi connectivity index (χ1n) is 7.84. The van der Waals surface area contributed by atoms with Gasteiger partial charge in [0, 0.05) is 18.6 Å². The maximum absolute atomic E-state index is 12.9. The molecule has 0 unspecified atom stereocenters. The highest BCUT2D eigenvalue weighted by Gasteiger charge is 2.16. The second-order valence-corrected chi connectivity index (χ2v) is 5.76. The van der Waals surface area contributed by atoms with Gasteiger partial charge in [-0.2, -0.15) is 0 Å². The van der Waals surface area contributed by atoms with Crippen molar-refractivity contribution in [1.82, 2.24) is 9.88 Å². The van der Waals surface area contributed by atoms with E-state index in [9.17, 15) is 14.3 Å². The van der Waals surface area contributed by atoms with Gasteiger partial charge in [-0.25, -0.2) is 9.18 Å². The maximum Gasteiger partial charge on any atom is 0.321 e. The number of para-hydroxylation sites is 1. The number of carbonyl (C=O) groups excluding carboxylic acids is 1. The van der Waals surface area contributed by atoms with Crippen molar-refractivity contribution < 1.29 is 14.3 Å². The molecule has 0 saturated carbocycles. The Labute approximate surface area is 144 Å². The number of aliphatic hydroxyl groups is 1. The first-order valence-corrected chi connectivity index (χ1v) is 7.84. The molecule has 1 atom stereocenters. The number of nitrogens with zero attached hydrogens (tertiary/aromatic N) is 2. The van der Waals surface area contributed by atoms with Gasteiger partial charge in [-0.3, -0.25) is 4.98 Å². The fraction of sp³-hybridized carbons (Fsp3) is 0.158. The van der Waals surface area contributed by atoms with Gasteiger partial charge in [0.1, 0.15) is 5.82 Å². The number of rotatable bonds is 4. The van der Waals surface area contributed by atoms with Gasteiger partial charge in [0.25, 0.3) is 0 Å². The number of likely N-dealkylation sites (N-methyl/N-ethyl adjacent to an activating group) is 1. The Balaban J connectivity index is 1.69. The highest BCUT2D eigenvalue weighted by atomic mass is 19.1. The predicted molar refractivity (Wildman–Crippen MR) is 94.8 cm³/mol. The quantitative estimate of drug-likeness (QED) is 0.764. The van der Waals surface area contributed by atoms with Gasteiger partial charge in [-0.05, 0) is 29.8 Å². The largest absolute Gasteiger partial charge is 0.387 e. The van der Waals surface area contributed by atoms with Crippen molar-refractivity contribution >= 4 is 22.6 Å². The van der Waals surface area contributed by atoms with Gasteiger partial charge in [-0.15, -0.1) is 0 Å². The SMILES string of the molecule is CN(C[C@@H](O)c1ccc(F)cc1)C(=O)Nc1cccc2cccnc12. The molecule has 0 fully saturated rings. The third-order valence-corrected chi connectivity index (χ3v) is 3.92. The summed E-state index contributed by atoms with van der Waals surface area (Å²) in [7, 11) is 1.58. The van der Waals surface area contributed by atoms with Gasteiger partial charge in [-0.1, -0.05) is 30.3 Å². The Morgan fingerprint density at radius 2 is 1.92 bits per heavy atom. The van der Waals surface area contributed by atoms with Crippen molar-refractivity contribution in [1.29, 1.82) is 0 Å². The van der Waals surface area contributed by atoms with Crippen LogP contribution in [0.1, 0.15) is 11.7 Å². The minimum Gasteiger partial charge on any atom is -0.387 e. The number of carbonyl (C=O) groups is 1. The normalized spacial score (nSPS) is 12.0. The number of hydrogen-bond acceptors (Lipinski definition) is 3. The number of urea groups is 1. The van der Waals surface area contributed by atoms with E-state index in [0.717, 1.165) is 5.39 Å². The van der Waals surface area contributed by atoms with Crippen molar-refractivity contribution in [2.75, 3.05) is 18.9 Å².